The first-order chi connectivity index (χ1) is 10.1. The van der Waals surface area contributed by atoms with Gasteiger partial charge in [0.1, 0.15) is 9.49 Å². The predicted octanol–water partition coefficient (Wildman–Crippen LogP) is 6.27. The van der Waals surface area contributed by atoms with Crippen molar-refractivity contribution in [2.75, 3.05) is 0 Å². The van der Waals surface area contributed by atoms with Crippen LogP contribution in [0.2, 0.25) is 13.8 Å². The van der Waals surface area contributed by atoms with E-state index in [1.54, 1.807) is 6.07 Å². The van der Waals surface area contributed by atoms with Crippen LogP contribution in [-0.4, -0.2) is 9.97 Å². The molecule has 3 aromatic rings. The first kappa shape index (κ1) is 15.0. The molecular formula is C15H11Cl3N2S. The van der Waals surface area contributed by atoms with Crippen LogP contribution in [-0.2, 0) is 6.42 Å². The number of halogens is 3. The van der Waals surface area contributed by atoms with E-state index in [1.807, 2.05) is 12.1 Å². The summed E-state index contributed by atoms with van der Waals surface area (Å²) in [5, 5.41) is 1.30. The Bertz CT molecular complexity index is 814. The van der Waals surface area contributed by atoms with Crippen molar-refractivity contribution < 1.29 is 0 Å². The predicted molar refractivity (Wildman–Crippen MR) is 91.9 cm³/mol. The topological polar surface area (TPSA) is 25.8 Å². The van der Waals surface area contributed by atoms with Crippen LogP contribution in [0.5, 0.6) is 0 Å². The fourth-order valence-corrected chi connectivity index (χ4v) is 3.88. The molecule has 2 heterocycles. The number of thiophene rings is 1. The average molecular weight is 358 g/mol. The maximum atomic E-state index is 6.32. The van der Waals surface area contributed by atoms with Crippen molar-refractivity contribution in [3.05, 3.63) is 43.7 Å². The second kappa shape index (κ2) is 6.09. The lowest BCUT2D eigenvalue weighted by atomic mass is 10.1. The number of rotatable bonds is 3. The number of aryl methyl sites for hydroxylation is 1. The minimum atomic E-state index is 0.436. The van der Waals surface area contributed by atoms with Gasteiger partial charge in [0.05, 0.1) is 15.4 Å². The van der Waals surface area contributed by atoms with Gasteiger partial charge in [0.25, 0.3) is 0 Å². The number of nitrogens with zero attached hydrogens (tertiary/aromatic N) is 2. The summed E-state index contributed by atoms with van der Waals surface area (Å²) in [6.45, 7) is 2.15. The maximum Gasteiger partial charge on any atom is 0.163 e. The van der Waals surface area contributed by atoms with E-state index in [-0.39, 0.29) is 0 Å². The minimum absolute atomic E-state index is 0.436. The third-order valence-corrected chi connectivity index (χ3v) is 4.93. The van der Waals surface area contributed by atoms with Crippen LogP contribution in [0.15, 0.2) is 24.3 Å². The highest BCUT2D eigenvalue weighted by molar-refractivity contribution is 7.20. The molecule has 2 aromatic heterocycles. The Morgan fingerprint density at radius 2 is 1.90 bits per heavy atom. The van der Waals surface area contributed by atoms with Crippen LogP contribution in [0.3, 0.4) is 0 Å². The number of hydrogen-bond donors (Lipinski definition) is 0. The summed E-state index contributed by atoms with van der Waals surface area (Å²) >= 11 is 19.7. The lowest BCUT2D eigenvalue weighted by Gasteiger charge is -2.06. The van der Waals surface area contributed by atoms with Gasteiger partial charge in [-0.1, -0.05) is 54.2 Å². The Labute approximate surface area is 141 Å². The third-order valence-electron chi connectivity index (χ3n) is 3.15. The summed E-state index contributed by atoms with van der Waals surface area (Å²) < 4.78 is 1.17. The molecule has 1 aromatic carbocycles. The highest BCUT2D eigenvalue weighted by atomic mass is 35.5. The monoisotopic (exact) mass is 356 g/mol. The van der Waals surface area contributed by atoms with Crippen molar-refractivity contribution in [3.8, 4) is 11.4 Å². The van der Waals surface area contributed by atoms with Crippen molar-refractivity contribution in [2.45, 2.75) is 19.8 Å². The Hall–Kier alpha value is -0.870. The normalized spacial score (nSPS) is 11.2. The SMILES string of the molecule is CCCc1ccc2nc(-c3cc(Cl)sc3Cl)nc(Cl)c2c1. The fourth-order valence-electron chi connectivity index (χ4n) is 2.20. The molecule has 21 heavy (non-hydrogen) atoms. The fraction of sp³-hybridized carbons (Fsp3) is 0.200. The maximum absolute atomic E-state index is 6.32. The molecule has 0 N–H and O–H groups in total. The summed E-state index contributed by atoms with van der Waals surface area (Å²) in [5.41, 5.74) is 2.76. The molecule has 0 aliphatic heterocycles. The van der Waals surface area contributed by atoms with Crippen LogP contribution in [0.25, 0.3) is 22.3 Å². The van der Waals surface area contributed by atoms with Crippen LogP contribution in [0.1, 0.15) is 18.9 Å². The zero-order valence-corrected chi connectivity index (χ0v) is 14.2. The molecule has 0 unspecified atom stereocenters. The molecule has 0 aliphatic rings. The molecule has 0 spiro atoms. The standard InChI is InChI=1S/C15H11Cl3N2S/c1-2-3-8-4-5-11-9(6-8)13(17)20-15(19-11)10-7-12(16)21-14(10)18/h4-7H,2-3H2,1H3. The molecule has 0 fully saturated rings. The number of fused-ring (bicyclic) bond motifs is 1. The van der Waals surface area contributed by atoms with Gasteiger partial charge >= 0.3 is 0 Å². The Morgan fingerprint density at radius 1 is 1.10 bits per heavy atom. The van der Waals surface area contributed by atoms with Gasteiger partial charge in [-0.2, -0.15) is 0 Å². The van der Waals surface area contributed by atoms with Crippen molar-refractivity contribution in [3.63, 3.8) is 0 Å². The zero-order valence-electron chi connectivity index (χ0n) is 11.2. The molecule has 0 radical (unpaired) electrons. The van der Waals surface area contributed by atoms with Gasteiger partial charge in [0.2, 0.25) is 0 Å². The second-order valence-corrected chi connectivity index (χ2v) is 7.32. The van der Waals surface area contributed by atoms with Crippen molar-refractivity contribution >= 4 is 57.0 Å². The van der Waals surface area contributed by atoms with Crippen LogP contribution in [0, 0.1) is 0 Å². The largest absolute Gasteiger partial charge is 0.228 e. The first-order valence-corrected chi connectivity index (χ1v) is 8.45. The molecule has 108 valence electrons. The van der Waals surface area contributed by atoms with Gasteiger partial charge in [-0.05, 0) is 30.2 Å². The molecule has 0 aliphatic carbocycles. The van der Waals surface area contributed by atoms with E-state index in [9.17, 15) is 0 Å². The summed E-state index contributed by atoms with van der Waals surface area (Å²) in [6, 6.07) is 7.85. The summed E-state index contributed by atoms with van der Waals surface area (Å²) in [6.07, 6.45) is 2.10. The molecule has 0 saturated carbocycles. The minimum Gasteiger partial charge on any atom is -0.228 e. The highest BCUT2D eigenvalue weighted by Crippen LogP contribution is 2.37. The molecule has 0 amide bonds. The third kappa shape index (κ3) is 3.02. The Morgan fingerprint density at radius 3 is 2.57 bits per heavy atom. The number of aromatic nitrogens is 2. The first-order valence-electron chi connectivity index (χ1n) is 6.50. The second-order valence-electron chi connectivity index (χ2n) is 4.68. The van der Waals surface area contributed by atoms with Crippen molar-refractivity contribution in [1.29, 1.82) is 0 Å². The van der Waals surface area contributed by atoms with Crippen molar-refractivity contribution in [2.24, 2.45) is 0 Å². The van der Waals surface area contributed by atoms with E-state index in [2.05, 4.69) is 23.0 Å². The van der Waals surface area contributed by atoms with Gasteiger partial charge in [-0.15, -0.1) is 11.3 Å². The smallest absolute Gasteiger partial charge is 0.163 e. The van der Waals surface area contributed by atoms with Gasteiger partial charge in [-0.3, -0.25) is 0 Å². The van der Waals surface area contributed by atoms with Crippen LogP contribution < -0.4 is 0 Å². The lowest BCUT2D eigenvalue weighted by Crippen LogP contribution is -1.93. The van der Waals surface area contributed by atoms with E-state index in [0.717, 1.165) is 23.7 Å². The van der Waals surface area contributed by atoms with E-state index in [0.29, 0.717) is 25.2 Å². The van der Waals surface area contributed by atoms with Crippen molar-refractivity contribution in [1.82, 2.24) is 9.97 Å². The van der Waals surface area contributed by atoms with Gasteiger partial charge in [-0.25, -0.2) is 9.97 Å². The van der Waals surface area contributed by atoms with E-state index in [1.165, 1.54) is 16.9 Å². The average Bonchev–Trinajstić information content (AvgIpc) is 2.78. The molecule has 3 rings (SSSR count). The molecule has 6 heteroatoms. The Kier molecular flexibility index (Phi) is 4.36. The van der Waals surface area contributed by atoms with Crippen LogP contribution in [0.4, 0.5) is 0 Å². The zero-order chi connectivity index (χ0) is 15.0. The quantitative estimate of drug-likeness (QED) is 0.516. The lowest BCUT2D eigenvalue weighted by molar-refractivity contribution is 0.923. The van der Waals surface area contributed by atoms with Gasteiger partial charge in [0.15, 0.2) is 5.82 Å². The molecular weight excluding hydrogens is 347 g/mol. The van der Waals surface area contributed by atoms with Crippen LogP contribution >= 0.6 is 46.1 Å². The summed E-state index contributed by atoms with van der Waals surface area (Å²) in [7, 11) is 0. The number of hydrogen-bond acceptors (Lipinski definition) is 3. The molecule has 0 bridgehead atoms. The molecule has 0 atom stereocenters. The highest BCUT2D eigenvalue weighted by Gasteiger charge is 2.14. The summed E-state index contributed by atoms with van der Waals surface area (Å²) in [5.74, 6) is 0.504. The van der Waals surface area contributed by atoms with Gasteiger partial charge in [0, 0.05) is 5.39 Å². The molecule has 2 nitrogen and oxygen atoms in total. The van der Waals surface area contributed by atoms with E-state index < -0.39 is 0 Å². The molecule has 0 saturated heterocycles. The summed E-state index contributed by atoms with van der Waals surface area (Å²) in [4.78, 5) is 8.91. The Balaban J connectivity index is 2.15. The van der Waals surface area contributed by atoms with E-state index in [4.69, 9.17) is 34.8 Å². The number of benzene rings is 1. The van der Waals surface area contributed by atoms with Gasteiger partial charge < -0.3 is 0 Å². The van der Waals surface area contributed by atoms with E-state index >= 15 is 0 Å².